The van der Waals surface area contributed by atoms with Crippen molar-refractivity contribution >= 4 is 11.3 Å². The summed E-state index contributed by atoms with van der Waals surface area (Å²) >= 11 is 1.90. The van der Waals surface area contributed by atoms with Crippen molar-refractivity contribution in [3.05, 3.63) is 15.6 Å². The largest absolute Gasteiger partial charge is 0.319 e. The number of thiazole rings is 1. The fraction of sp³-hybridized carbons (Fsp3) is 0.786. The highest BCUT2D eigenvalue weighted by Gasteiger charge is 2.43. The van der Waals surface area contributed by atoms with Crippen molar-refractivity contribution < 1.29 is 0 Å². The topological polar surface area (TPSA) is 38.9 Å². The van der Waals surface area contributed by atoms with Crippen molar-refractivity contribution in [2.75, 3.05) is 0 Å². The highest BCUT2D eigenvalue weighted by Crippen LogP contribution is 2.48. The van der Waals surface area contributed by atoms with E-state index in [-0.39, 0.29) is 5.54 Å². The van der Waals surface area contributed by atoms with Gasteiger partial charge in [0.05, 0.1) is 11.2 Å². The van der Waals surface area contributed by atoms with Crippen molar-refractivity contribution in [2.45, 2.75) is 64.3 Å². The van der Waals surface area contributed by atoms with E-state index in [4.69, 9.17) is 10.7 Å². The molecule has 2 aliphatic rings. The number of rotatable bonds is 1. The Balaban J connectivity index is 1.91. The van der Waals surface area contributed by atoms with E-state index in [9.17, 15) is 0 Å². The van der Waals surface area contributed by atoms with Crippen molar-refractivity contribution in [3.8, 4) is 0 Å². The van der Waals surface area contributed by atoms with E-state index in [1.54, 1.807) is 0 Å². The lowest BCUT2D eigenvalue weighted by Gasteiger charge is -2.24. The number of hydrogen-bond donors (Lipinski definition) is 1. The summed E-state index contributed by atoms with van der Waals surface area (Å²) in [4.78, 5) is 6.38. The van der Waals surface area contributed by atoms with E-state index in [2.05, 4.69) is 13.8 Å². The second-order valence-electron chi connectivity index (χ2n) is 6.59. The maximum Gasteiger partial charge on any atom is 0.113 e. The van der Waals surface area contributed by atoms with Crippen LogP contribution in [-0.4, -0.2) is 4.98 Å². The molecule has 1 aromatic heterocycles. The predicted octanol–water partition coefficient (Wildman–Crippen LogP) is 3.39. The molecule has 1 aromatic rings. The number of aromatic nitrogens is 1. The summed E-state index contributed by atoms with van der Waals surface area (Å²) in [6, 6.07) is 0. The van der Waals surface area contributed by atoms with Crippen molar-refractivity contribution in [3.63, 3.8) is 0 Å². The number of fused-ring (bicyclic) bond motifs is 1. The standard InChI is InChI=1S/C14H22N2S/c1-13(2)7-8-14(15,9-13)12-16-10-5-3-4-6-11(10)17-12/h3-9,15H2,1-2H3. The van der Waals surface area contributed by atoms with Crippen LogP contribution in [-0.2, 0) is 18.4 Å². The Labute approximate surface area is 108 Å². The number of hydrogen-bond acceptors (Lipinski definition) is 3. The number of aryl methyl sites for hydroxylation is 2. The van der Waals surface area contributed by atoms with Gasteiger partial charge in [0, 0.05) is 4.88 Å². The van der Waals surface area contributed by atoms with Crippen LogP contribution in [0.1, 0.15) is 61.5 Å². The van der Waals surface area contributed by atoms with Crippen LogP contribution >= 0.6 is 11.3 Å². The van der Waals surface area contributed by atoms with Crippen molar-refractivity contribution in [1.29, 1.82) is 0 Å². The third-order valence-electron chi connectivity index (χ3n) is 4.31. The monoisotopic (exact) mass is 250 g/mol. The van der Waals surface area contributed by atoms with Gasteiger partial charge in [0.25, 0.3) is 0 Å². The zero-order valence-corrected chi connectivity index (χ0v) is 11.7. The van der Waals surface area contributed by atoms with Crippen molar-refractivity contribution in [1.82, 2.24) is 4.98 Å². The molecule has 2 aliphatic carbocycles. The molecule has 2 N–H and O–H groups in total. The molecule has 3 heteroatoms. The summed E-state index contributed by atoms with van der Waals surface area (Å²) in [5, 5.41) is 1.22. The molecule has 1 unspecified atom stereocenters. The molecule has 1 heterocycles. The molecule has 0 spiro atoms. The van der Waals surface area contributed by atoms with Gasteiger partial charge in [0.1, 0.15) is 5.01 Å². The third kappa shape index (κ3) is 2.04. The Morgan fingerprint density at radius 1 is 1.18 bits per heavy atom. The third-order valence-corrected chi connectivity index (χ3v) is 5.69. The summed E-state index contributed by atoms with van der Waals surface area (Å²) < 4.78 is 0. The quantitative estimate of drug-likeness (QED) is 0.830. The maximum atomic E-state index is 6.62. The second kappa shape index (κ2) is 3.79. The van der Waals surface area contributed by atoms with Crippen LogP contribution in [0.15, 0.2) is 0 Å². The van der Waals surface area contributed by atoms with E-state index in [1.165, 1.54) is 47.7 Å². The van der Waals surface area contributed by atoms with Gasteiger partial charge in [0.15, 0.2) is 0 Å². The minimum absolute atomic E-state index is 0.133. The molecule has 17 heavy (non-hydrogen) atoms. The van der Waals surface area contributed by atoms with Gasteiger partial charge in [-0.25, -0.2) is 4.98 Å². The average Bonchev–Trinajstić information content (AvgIpc) is 2.80. The number of nitrogens with two attached hydrogens (primary N) is 1. The fourth-order valence-electron chi connectivity index (χ4n) is 3.34. The minimum atomic E-state index is -0.133. The first-order chi connectivity index (χ1) is 7.99. The highest BCUT2D eigenvalue weighted by atomic mass is 32.1. The lowest BCUT2D eigenvalue weighted by atomic mass is 9.88. The maximum absolute atomic E-state index is 6.62. The van der Waals surface area contributed by atoms with Gasteiger partial charge in [-0.15, -0.1) is 11.3 Å². The van der Waals surface area contributed by atoms with Crippen LogP contribution in [0.4, 0.5) is 0 Å². The van der Waals surface area contributed by atoms with Crippen LogP contribution in [0, 0.1) is 5.41 Å². The molecular formula is C14H22N2S. The van der Waals surface area contributed by atoms with Gasteiger partial charge in [-0.05, 0) is 50.4 Å². The SMILES string of the molecule is CC1(C)CCC(N)(c2nc3c(s2)CCCC3)C1. The van der Waals surface area contributed by atoms with Crippen LogP contribution < -0.4 is 5.73 Å². The van der Waals surface area contributed by atoms with Crippen molar-refractivity contribution in [2.24, 2.45) is 11.1 Å². The molecule has 94 valence electrons. The summed E-state index contributed by atoms with van der Waals surface area (Å²) in [6.07, 6.45) is 8.46. The van der Waals surface area contributed by atoms with Gasteiger partial charge in [-0.2, -0.15) is 0 Å². The van der Waals surface area contributed by atoms with Crippen LogP contribution in [0.3, 0.4) is 0 Å². The van der Waals surface area contributed by atoms with Gasteiger partial charge in [0.2, 0.25) is 0 Å². The first-order valence-corrected chi connectivity index (χ1v) is 7.58. The van der Waals surface area contributed by atoms with Gasteiger partial charge < -0.3 is 5.73 Å². The lowest BCUT2D eigenvalue weighted by molar-refractivity contribution is 0.339. The van der Waals surface area contributed by atoms with Gasteiger partial charge in [-0.1, -0.05) is 13.8 Å². The van der Waals surface area contributed by atoms with Crippen LogP contribution in [0.2, 0.25) is 0 Å². The molecule has 0 aromatic carbocycles. The molecule has 0 amide bonds. The molecule has 1 fully saturated rings. The smallest absolute Gasteiger partial charge is 0.113 e. The molecule has 0 bridgehead atoms. The summed E-state index contributed by atoms with van der Waals surface area (Å²) in [7, 11) is 0. The zero-order chi connectivity index (χ0) is 12.1. The first-order valence-electron chi connectivity index (χ1n) is 6.77. The highest BCUT2D eigenvalue weighted by molar-refractivity contribution is 7.11. The van der Waals surface area contributed by atoms with Gasteiger partial charge >= 0.3 is 0 Å². The Morgan fingerprint density at radius 3 is 2.59 bits per heavy atom. The van der Waals surface area contributed by atoms with E-state index >= 15 is 0 Å². The van der Waals surface area contributed by atoms with Gasteiger partial charge in [-0.3, -0.25) is 0 Å². The summed E-state index contributed by atoms with van der Waals surface area (Å²) in [5.41, 5.74) is 8.22. The fourth-order valence-corrected chi connectivity index (χ4v) is 4.62. The predicted molar refractivity (Wildman–Crippen MR) is 72.3 cm³/mol. The number of nitrogens with zero attached hydrogens (tertiary/aromatic N) is 1. The second-order valence-corrected chi connectivity index (χ2v) is 7.68. The Morgan fingerprint density at radius 2 is 1.94 bits per heavy atom. The molecule has 3 rings (SSSR count). The van der Waals surface area contributed by atoms with E-state index in [1.807, 2.05) is 11.3 Å². The Kier molecular flexibility index (Phi) is 2.60. The molecule has 1 saturated carbocycles. The van der Waals surface area contributed by atoms with Crippen LogP contribution in [0.5, 0.6) is 0 Å². The molecule has 0 radical (unpaired) electrons. The molecule has 0 aliphatic heterocycles. The normalized spacial score (nSPS) is 31.5. The molecular weight excluding hydrogens is 228 g/mol. The molecule has 2 nitrogen and oxygen atoms in total. The summed E-state index contributed by atoms with van der Waals surface area (Å²) in [5.74, 6) is 0. The van der Waals surface area contributed by atoms with E-state index < -0.39 is 0 Å². The zero-order valence-electron chi connectivity index (χ0n) is 10.9. The Bertz CT molecular complexity index is 412. The van der Waals surface area contributed by atoms with E-state index in [0.717, 1.165) is 12.8 Å². The van der Waals surface area contributed by atoms with E-state index in [0.29, 0.717) is 5.41 Å². The average molecular weight is 250 g/mol. The minimum Gasteiger partial charge on any atom is -0.319 e. The van der Waals surface area contributed by atoms with Crippen LogP contribution in [0.25, 0.3) is 0 Å². The lowest BCUT2D eigenvalue weighted by Crippen LogP contribution is -2.34. The molecule has 0 saturated heterocycles. The molecule has 1 atom stereocenters. The first kappa shape index (κ1) is 11.7. The summed E-state index contributed by atoms with van der Waals surface area (Å²) in [6.45, 7) is 4.66. The Hall–Kier alpha value is -0.410.